The van der Waals surface area contributed by atoms with Crippen LogP contribution in [-0.2, 0) is 6.42 Å². The lowest BCUT2D eigenvalue weighted by molar-refractivity contribution is 0.0688. The van der Waals surface area contributed by atoms with Gasteiger partial charge in [0.05, 0.1) is 5.51 Å². The van der Waals surface area contributed by atoms with Crippen molar-refractivity contribution in [1.82, 2.24) is 4.98 Å². The van der Waals surface area contributed by atoms with E-state index < -0.39 is 5.97 Å². The summed E-state index contributed by atoms with van der Waals surface area (Å²) < 4.78 is 0. The summed E-state index contributed by atoms with van der Waals surface area (Å²) in [5.41, 5.74) is 1.33. The maximum atomic E-state index is 10.7. The lowest BCUT2D eigenvalue weighted by atomic mass is 9.89. The molecule has 0 amide bonds. The largest absolute Gasteiger partial charge is 0.476 e. The van der Waals surface area contributed by atoms with Crippen LogP contribution in [0.2, 0.25) is 0 Å². The van der Waals surface area contributed by atoms with Crippen molar-refractivity contribution >= 4 is 17.3 Å². The fraction of sp³-hybridized carbons (Fsp3) is 0.556. The molecular formula is C9H13NO3S. The fourth-order valence-electron chi connectivity index (χ4n) is 1.06. The van der Waals surface area contributed by atoms with E-state index in [1.165, 1.54) is 16.8 Å². The van der Waals surface area contributed by atoms with E-state index in [0.29, 0.717) is 6.42 Å². The van der Waals surface area contributed by atoms with Crippen LogP contribution in [0.1, 0.15) is 29.2 Å². The molecule has 1 aromatic heterocycles. The lowest BCUT2D eigenvalue weighted by Crippen LogP contribution is -2.20. The SMILES string of the molecule is CC(C)(CO)Cc1scnc1C(=O)O. The molecule has 0 saturated carbocycles. The molecule has 14 heavy (non-hydrogen) atoms. The molecule has 1 aromatic rings. The van der Waals surface area contributed by atoms with Gasteiger partial charge in [-0.15, -0.1) is 11.3 Å². The van der Waals surface area contributed by atoms with Gasteiger partial charge in [-0.1, -0.05) is 13.8 Å². The lowest BCUT2D eigenvalue weighted by Gasteiger charge is -2.20. The molecule has 1 rings (SSSR count). The van der Waals surface area contributed by atoms with Crippen LogP contribution >= 0.6 is 11.3 Å². The fourth-order valence-corrected chi connectivity index (χ4v) is 2.07. The number of nitrogens with zero attached hydrogens (tertiary/aromatic N) is 1. The van der Waals surface area contributed by atoms with E-state index in [-0.39, 0.29) is 17.7 Å². The topological polar surface area (TPSA) is 70.4 Å². The summed E-state index contributed by atoms with van der Waals surface area (Å²) in [5.74, 6) is -1.00. The van der Waals surface area contributed by atoms with Gasteiger partial charge in [-0.2, -0.15) is 0 Å². The Bertz CT molecular complexity index is 333. The van der Waals surface area contributed by atoms with Gasteiger partial charge < -0.3 is 10.2 Å². The van der Waals surface area contributed by atoms with Gasteiger partial charge in [0.2, 0.25) is 0 Å². The van der Waals surface area contributed by atoms with Crippen molar-refractivity contribution in [2.24, 2.45) is 5.41 Å². The molecule has 0 atom stereocenters. The van der Waals surface area contributed by atoms with E-state index in [4.69, 9.17) is 10.2 Å². The number of carboxylic acids is 1. The Kier molecular flexibility index (Phi) is 3.23. The van der Waals surface area contributed by atoms with Crippen LogP contribution in [0.3, 0.4) is 0 Å². The third kappa shape index (κ3) is 2.52. The first-order valence-electron chi connectivity index (χ1n) is 4.23. The van der Waals surface area contributed by atoms with Crippen LogP contribution < -0.4 is 0 Å². The molecular weight excluding hydrogens is 202 g/mol. The first-order chi connectivity index (χ1) is 6.46. The van der Waals surface area contributed by atoms with Crippen LogP contribution in [0.15, 0.2) is 5.51 Å². The highest BCUT2D eigenvalue weighted by molar-refractivity contribution is 7.09. The maximum absolute atomic E-state index is 10.7. The summed E-state index contributed by atoms with van der Waals surface area (Å²) in [6.45, 7) is 3.81. The minimum atomic E-state index is -1.00. The number of rotatable bonds is 4. The molecule has 0 unspecified atom stereocenters. The van der Waals surface area contributed by atoms with Crippen LogP contribution in [0.25, 0.3) is 0 Å². The van der Waals surface area contributed by atoms with Gasteiger partial charge in [0.15, 0.2) is 5.69 Å². The molecule has 5 heteroatoms. The van der Waals surface area contributed by atoms with Crippen molar-refractivity contribution in [3.63, 3.8) is 0 Å². The molecule has 0 saturated heterocycles. The molecule has 0 aliphatic heterocycles. The highest BCUT2D eigenvalue weighted by Gasteiger charge is 2.22. The van der Waals surface area contributed by atoms with Gasteiger partial charge in [-0.3, -0.25) is 0 Å². The second-order valence-electron chi connectivity index (χ2n) is 3.93. The van der Waals surface area contributed by atoms with Crippen LogP contribution in [-0.4, -0.2) is 27.8 Å². The van der Waals surface area contributed by atoms with Crippen molar-refractivity contribution in [3.8, 4) is 0 Å². The van der Waals surface area contributed by atoms with E-state index in [2.05, 4.69) is 4.98 Å². The highest BCUT2D eigenvalue weighted by atomic mass is 32.1. The summed E-state index contributed by atoms with van der Waals surface area (Å²) in [6.07, 6.45) is 0.538. The van der Waals surface area contributed by atoms with Crippen molar-refractivity contribution in [1.29, 1.82) is 0 Å². The number of hydrogen-bond acceptors (Lipinski definition) is 4. The molecule has 1 heterocycles. The average molecular weight is 215 g/mol. The summed E-state index contributed by atoms with van der Waals surface area (Å²) in [5, 5.41) is 17.9. The van der Waals surface area contributed by atoms with Gasteiger partial charge in [0.25, 0.3) is 0 Å². The third-order valence-corrected chi connectivity index (χ3v) is 2.74. The number of aliphatic hydroxyl groups is 1. The average Bonchev–Trinajstić information content (AvgIpc) is 2.51. The van der Waals surface area contributed by atoms with Gasteiger partial charge in [-0.25, -0.2) is 9.78 Å². The van der Waals surface area contributed by atoms with Crippen LogP contribution in [0.4, 0.5) is 0 Å². The van der Waals surface area contributed by atoms with Gasteiger partial charge >= 0.3 is 5.97 Å². The number of carboxylic acid groups (broad SMARTS) is 1. The van der Waals surface area contributed by atoms with Gasteiger partial charge in [0, 0.05) is 11.5 Å². The number of aromatic nitrogens is 1. The van der Waals surface area contributed by atoms with E-state index in [1.54, 1.807) is 0 Å². The third-order valence-electron chi connectivity index (χ3n) is 1.91. The Morgan fingerprint density at radius 1 is 1.64 bits per heavy atom. The zero-order valence-corrected chi connectivity index (χ0v) is 8.97. The van der Waals surface area contributed by atoms with E-state index in [0.717, 1.165) is 4.88 Å². The van der Waals surface area contributed by atoms with Gasteiger partial charge in [-0.05, 0) is 11.8 Å². The monoisotopic (exact) mass is 215 g/mol. The minimum absolute atomic E-state index is 0.0317. The van der Waals surface area contributed by atoms with Crippen molar-refractivity contribution in [2.45, 2.75) is 20.3 Å². The number of aliphatic hydroxyl groups excluding tert-OH is 1. The van der Waals surface area contributed by atoms with Crippen molar-refractivity contribution < 1.29 is 15.0 Å². The summed E-state index contributed by atoms with van der Waals surface area (Å²) >= 11 is 1.32. The molecule has 0 spiro atoms. The normalized spacial score (nSPS) is 11.6. The van der Waals surface area contributed by atoms with Crippen LogP contribution in [0.5, 0.6) is 0 Å². The van der Waals surface area contributed by atoms with E-state index >= 15 is 0 Å². The van der Waals surface area contributed by atoms with E-state index in [1.807, 2.05) is 13.8 Å². The van der Waals surface area contributed by atoms with Crippen molar-refractivity contribution in [3.05, 3.63) is 16.1 Å². The Hall–Kier alpha value is -0.940. The van der Waals surface area contributed by atoms with Crippen molar-refractivity contribution in [2.75, 3.05) is 6.61 Å². The predicted molar refractivity (Wildman–Crippen MR) is 53.6 cm³/mol. The summed E-state index contributed by atoms with van der Waals surface area (Å²) in [4.78, 5) is 15.2. The number of thiazole rings is 1. The Balaban J connectivity index is 2.86. The second kappa shape index (κ2) is 4.06. The minimum Gasteiger partial charge on any atom is -0.476 e. The molecule has 78 valence electrons. The Morgan fingerprint density at radius 3 is 2.79 bits per heavy atom. The number of carbonyl (C=O) groups is 1. The number of hydrogen-bond donors (Lipinski definition) is 2. The molecule has 0 aromatic carbocycles. The Morgan fingerprint density at radius 2 is 2.29 bits per heavy atom. The smallest absolute Gasteiger partial charge is 0.355 e. The van der Waals surface area contributed by atoms with E-state index in [9.17, 15) is 4.79 Å². The highest BCUT2D eigenvalue weighted by Crippen LogP contribution is 2.25. The number of aromatic carboxylic acids is 1. The Labute approximate surface area is 86.2 Å². The summed E-state index contributed by atoms with van der Waals surface area (Å²) in [7, 11) is 0. The zero-order valence-electron chi connectivity index (χ0n) is 8.15. The van der Waals surface area contributed by atoms with Gasteiger partial charge in [0.1, 0.15) is 0 Å². The first kappa shape index (κ1) is 11.1. The first-order valence-corrected chi connectivity index (χ1v) is 5.11. The predicted octanol–water partition coefficient (Wildman–Crippen LogP) is 1.40. The maximum Gasteiger partial charge on any atom is 0.355 e. The molecule has 0 aliphatic carbocycles. The standard InChI is InChI=1S/C9H13NO3S/c1-9(2,4-11)3-6-7(8(12)13)10-5-14-6/h5,11H,3-4H2,1-2H3,(H,12,13). The summed E-state index contributed by atoms with van der Waals surface area (Å²) in [6, 6.07) is 0. The van der Waals surface area contributed by atoms with Crippen LogP contribution in [0, 0.1) is 5.41 Å². The molecule has 2 N–H and O–H groups in total. The second-order valence-corrected chi connectivity index (χ2v) is 4.87. The zero-order chi connectivity index (χ0) is 10.8. The molecule has 0 radical (unpaired) electrons. The molecule has 4 nitrogen and oxygen atoms in total. The molecule has 0 fully saturated rings. The quantitative estimate of drug-likeness (QED) is 0.796. The molecule has 0 bridgehead atoms. The molecule has 0 aliphatic rings.